The summed E-state index contributed by atoms with van der Waals surface area (Å²) >= 11 is 0. The third-order valence-electron chi connectivity index (χ3n) is 5.87. The van der Waals surface area contributed by atoms with Gasteiger partial charge in [-0.05, 0) is 49.2 Å². The van der Waals surface area contributed by atoms with Crippen LogP contribution in [0.5, 0.6) is 17.4 Å². The molecule has 0 radical (unpaired) electrons. The number of H-pyrrole nitrogens is 1. The predicted octanol–water partition coefficient (Wildman–Crippen LogP) is 2.56. The van der Waals surface area contributed by atoms with Gasteiger partial charge in [-0.3, -0.25) is 14.6 Å². The molecule has 1 aliphatic heterocycles. The Hall–Kier alpha value is -4.34. The van der Waals surface area contributed by atoms with Crippen molar-refractivity contribution >= 4 is 11.6 Å². The van der Waals surface area contributed by atoms with Crippen LogP contribution in [0.1, 0.15) is 41.6 Å². The summed E-state index contributed by atoms with van der Waals surface area (Å²) < 4.78 is 11.8. The lowest BCUT2D eigenvalue weighted by Gasteiger charge is -2.22. The van der Waals surface area contributed by atoms with Gasteiger partial charge in [0.1, 0.15) is 17.1 Å². The summed E-state index contributed by atoms with van der Waals surface area (Å²) in [4.78, 5) is 40.2. The fourth-order valence-corrected chi connectivity index (χ4v) is 4.39. The molecule has 0 saturated carbocycles. The number of ether oxygens (including phenoxy) is 2. The van der Waals surface area contributed by atoms with Crippen LogP contribution in [0.15, 0.2) is 51.1 Å². The molecule has 0 aliphatic carbocycles. The minimum atomic E-state index is -0.794. The molecule has 0 bridgehead atoms. The molecule has 182 valence electrons. The SMILES string of the molecule is COc1ccc([C@@H]2CC(c3c(O)n(-c4cc(C)cc(C)c4)c(=O)[nH]c3=O)=NN2C(C)=O)c(OC)c1. The highest BCUT2D eigenvalue weighted by Gasteiger charge is 2.36. The number of aromatic hydroxyl groups is 1. The van der Waals surface area contributed by atoms with Gasteiger partial charge in [-0.1, -0.05) is 6.07 Å². The lowest BCUT2D eigenvalue weighted by Crippen LogP contribution is -2.33. The molecule has 10 nitrogen and oxygen atoms in total. The molecule has 1 atom stereocenters. The zero-order valence-corrected chi connectivity index (χ0v) is 20.1. The summed E-state index contributed by atoms with van der Waals surface area (Å²) in [5.74, 6) is 0.152. The monoisotopic (exact) mass is 478 g/mol. The summed E-state index contributed by atoms with van der Waals surface area (Å²) in [7, 11) is 3.04. The van der Waals surface area contributed by atoms with Gasteiger partial charge in [-0.2, -0.15) is 5.10 Å². The van der Waals surface area contributed by atoms with Crippen LogP contribution in [0.25, 0.3) is 5.69 Å². The van der Waals surface area contributed by atoms with Crippen molar-refractivity contribution in [2.45, 2.75) is 33.2 Å². The normalized spacial score (nSPS) is 15.2. The summed E-state index contributed by atoms with van der Waals surface area (Å²) in [5.41, 5.74) is 1.23. The number of benzene rings is 2. The molecule has 1 amide bonds. The molecular formula is C25H26N4O6. The number of rotatable bonds is 5. The van der Waals surface area contributed by atoms with Crippen LogP contribution in [0.2, 0.25) is 0 Å². The molecule has 0 spiro atoms. The molecule has 1 aromatic heterocycles. The Bertz CT molecular complexity index is 1450. The summed E-state index contributed by atoms with van der Waals surface area (Å²) in [5, 5.41) is 16.7. The first-order chi connectivity index (χ1) is 16.6. The molecule has 4 rings (SSSR count). The Morgan fingerprint density at radius 1 is 1.09 bits per heavy atom. The van der Waals surface area contributed by atoms with Gasteiger partial charge in [0.05, 0.1) is 31.7 Å². The number of carbonyl (C=O) groups is 1. The maximum Gasteiger partial charge on any atom is 0.335 e. The van der Waals surface area contributed by atoms with Gasteiger partial charge in [0, 0.05) is 25.0 Å². The van der Waals surface area contributed by atoms with Crippen molar-refractivity contribution in [3.05, 3.63) is 79.5 Å². The Kier molecular flexibility index (Phi) is 6.21. The molecule has 3 aromatic rings. The first kappa shape index (κ1) is 23.8. The number of hydrogen-bond acceptors (Lipinski definition) is 7. The number of nitrogens with zero attached hydrogens (tertiary/aromatic N) is 3. The van der Waals surface area contributed by atoms with E-state index >= 15 is 0 Å². The van der Waals surface area contributed by atoms with Gasteiger partial charge in [0.25, 0.3) is 5.56 Å². The van der Waals surface area contributed by atoms with Gasteiger partial charge >= 0.3 is 5.69 Å². The third-order valence-corrected chi connectivity index (χ3v) is 5.87. The van der Waals surface area contributed by atoms with Crippen molar-refractivity contribution in [2.24, 2.45) is 5.10 Å². The highest BCUT2D eigenvalue weighted by molar-refractivity contribution is 6.04. The molecule has 2 heterocycles. The summed E-state index contributed by atoms with van der Waals surface area (Å²) in [6, 6.07) is 9.96. The maximum atomic E-state index is 12.8. The molecule has 0 unspecified atom stereocenters. The molecular weight excluding hydrogens is 452 g/mol. The molecule has 0 fully saturated rings. The number of hydrogen-bond donors (Lipinski definition) is 2. The van der Waals surface area contributed by atoms with Crippen molar-refractivity contribution < 1.29 is 19.4 Å². The van der Waals surface area contributed by atoms with Crippen molar-refractivity contribution in [1.82, 2.24) is 14.6 Å². The largest absolute Gasteiger partial charge is 0.497 e. The lowest BCUT2D eigenvalue weighted by atomic mass is 9.98. The van der Waals surface area contributed by atoms with Crippen molar-refractivity contribution in [2.75, 3.05) is 14.2 Å². The first-order valence-corrected chi connectivity index (χ1v) is 10.9. The van der Waals surface area contributed by atoms with Crippen molar-refractivity contribution in [3.63, 3.8) is 0 Å². The second-order valence-corrected chi connectivity index (χ2v) is 8.38. The number of carbonyl (C=O) groups excluding carboxylic acids is 1. The van der Waals surface area contributed by atoms with E-state index in [0.717, 1.165) is 15.7 Å². The number of nitrogens with one attached hydrogen (secondary N) is 1. The Balaban J connectivity index is 1.85. The number of aromatic nitrogens is 2. The zero-order chi connectivity index (χ0) is 25.4. The topological polar surface area (TPSA) is 126 Å². The van der Waals surface area contributed by atoms with Crippen molar-refractivity contribution in [3.8, 4) is 23.1 Å². The van der Waals surface area contributed by atoms with Crippen LogP contribution < -0.4 is 20.7 Å². The molecule has 0 saturated heterocycles. The molecule has 2 aromatic carbocycles. The molecule has 1 aliphatic rings. The summed E-state index contributed by atoms with van der Waals surface area (Å²) in [6.45, 7) is 5.09. The van der Waals surface area contributed by atoms with Gasteiger partial charge in [-0.25, -0.2) is 14.4 Å². The van der Waals surface area contributed by atoms with E-state index in [1.807, 2.05) is 19.9 Å². The van der Waals surface area contributed by atoms with Gasteiger partial charge in [0.2, 0.25) is 11.8 Å². The van der Waals surface area contributed by atoms with E-state index in [9.17, 15) is 19.5 Å². The van der Waals surface area contributed by atoms with Crippen LogP contribution in [-0.4, -0.2) is 45.5 Å². The number of aryl methyl sites for hydroxylation is 2. The zero-order valence-electron chi connectivity index (χ0n) is 20.1. The second kappa shape index (κ2) is 9.13. The Morgan fingerprint density at radius 3 is 2.37 bits per heavy atom. The van der Waals surface area contributed by atoms with E-state index in [1.54, 1.807) is 30.3 Å². The van der Waals surface area contributed by atoms with Gasteiger partial charge < -0.3 is 14.6 Å². The molecule has 2 N–H and O–H groups in total. The van der Waals surface area contributed by atoms with Crippen LogP contribution >= 0.6 is 0 Å². The van der Waals surface area contributed by atoms with E-state index in [2.05, 4.69) is 10.1 Å². The average Bonchev–Trinajstić information content (AvgIpc) is 3.22. The summed E-state index contributed by atoms with van der Waals surface area (Å²) in [6.07, 6.45) is 0.115. The Morgan fingerprint density at radius 2 is 1.77 bits per heavy atom. The van der Waals surface area contributed by atoms with E-state index in [0.29, 0.717) is 22.7 Å². The van der Waals surface area contributed by atoms with Crippen LogP contribution in [0.3, 0.4) is 0 Å². The van der Waals surface area contributed by atoms with Crippen LogP contribution in [0, 0.1) is 13.8 Å². The molecule has 35 heavy (non-hydrogen) atoms. The van der Waals surface area contributed by atoms with Crippen molar-refractivity contribution in [1.29, 1.82) is 0 Å². The van der Waals surface area contributed by atoms with E-state index in [-0.39, 0.29) is 23.6 Å². The smallest absolute Gasteiger partial charge is 0.335 e. The third kappa shape index (κ3) is 4.30. The minimum Gasteiger partial charge on any atom is -0.497 e. The highest BCUT2D eigenvalue weighted by atomic mass is 16.5. The van der Waals surface area contributed by atoms with Gasteiger partial charge in [-0.15, -0.1) is 0 Å². The highest BCUT2D eigenvalue weighted by Crippen LogP contribution is 2.39. The van der Waals surface area contributed by atoms with E-state index < -0.39 is 23.2 Å². The lowest BCUT2D eigenvalue weighted by molar-refractivity contribution is -0.130. The number of methoxy groups -OCH3 is 2. The maximum absolute atomic E-state index is 12.8. The fraction of sp³-hybridized carbons (Fsp3) is 0.280. The van der Waals surface area contributed by atoms with E-state index in [4.69, 9.17) is 9.47 Å². The van der Waals surface area contributed by atoms with Gasteiger partial charge in [0.15, 0.2) is 0 Å². The standard InChI is InChI=1S/C25H26N4O6/c1-13-8-14(2)10-16(9-13)28-24(32)22(23(31)26-25(28)33)19-12-20(29(27-19)15(3)30)18-7-6-17(34-4)11-21(18)35-5/h6-11,20,32H,12H2,1-5H3,(H,26,31,33)/t20-/m0/s1. The van der Waals surface area contributed by atoms with Crippen LogP contribution in [-0.2, 0) is 4.79 Å². The Labute approximate surface area is 201 Å². The van der Waals surface area contributed by atoms with Crippen LogP contribution in [0.4, 0.5) is 0 Å². The predicted molar refractivity (Wildman–Crippen MR) is 130 cm³/mol. The average molecular weight is 479 g/mol. The number of amides is 1. The van der Waals surface area contributed by atoms with E-state index in [1.165, 1.54) is 26.2 Å². The second-order valence-electron chi connectivity index (χ2n) is 8.38. The first-order valence-electron chi connectivity index (χ1n) is 10.9. The number of hydrazone groups is 1. The number of aromatic amines is 1. The fourth-order valence-electron chi connectivity index (χ4n) is 4.39. The molecule has 10 heteroatoms. The minimum absolute atomic E-state index is 0.115. The quantitative estimate of drug-likeness (QED) is 0.580.